The minimum Gasteiger partial charge on any atom is -0.490 e. The Morgan fingerprint density at radius 3 is 2.27 bits per heavy atom. The van der Waals surface area contributed by atoms with Gasteiger partial charge in [0.05, 0.1) is 22.9 Å². The number of nitrogens with zero attached hydrogens (tertiary/aromatic N) is 1. The lowest BCUT2D eigenvalue weighted by Gasteiger charge is -2.41. The van der Waals surface area contributed by atoms with E-state index in [2.05, 4.69) is 10.3 Å². The minimum absolute atomic E-state index is 0.0454. The molecule has 1 aromatic heterocycles. The zero-order valence-corrected chi connectivity index (χ0v) is 15.9. The van der Waals surface area contributed by atoms with Gasteiger partial charge in [0.2, 0.25) is 0 Å². The van der Waals surface area contributed by atoms with Crippen molar-refractivity contribution in [3.63, 3.8) is 0 Å². The topological polar surface area (TPSA) is 54.4 Å². The number of alkyl halides is 6. The molecule has 0 radical (unpaired) electrons. The van der Waals surface area contributed by atoms with Gasteiger partial charge in [-0.25, -0.2) is 0 Å². The number of aliphatic hydroxyl groups is 1. The van der Waals surface area contributed by atoms with Crippen molar-refractivity contribution in [2.24, 2.45) is 0 Å². The van der Waals surface area contributed by atoms with E-state index < -0.39 is 35.1 Å². The molecule has 3 rings (SSSR count). The Balaban J connectivity index is 1.71. The number of nitrogens with one attached hydrogen (secondary N) is 1. The molecule has 1 saturated heterocycles. The molecule has 2 N–H and O–H groups in total. The number of aromatic nitrogens is 1. The lowest BCUT2D eigenvalue weighted by Crippen LogP contribution is -2.53. The van der Waals surface area contributed by atoms with Crippen LogP contribution in [-0.4, -0.2) is 28.8 Å². The molecule has 2 heterocycles. The third kappa shape index (κ3) is 5.23. The van der Waals surface area contributed by atoms with Gasteiger partial charge in [-0.05, 0) is 43.5 Å². The summed E-state index contributed by atoms with van der Waals surface area (Å²) in [5.74, 6) is -0.0667. The number of hydrogen-bond donors (Lipinski definition) is 2. The standard InChI is InChI=1S/C20H20F6N2O2/c1-12-7-18(29,13-2-4-14(5-3-13)19(21,22)23)8-16(28-12)11-30-17-6-15(9-27-10-17)20(24,25)26/h2-6,9-10,12,16,28-29H,7-8,11H2,1H3/t12-,16-,18-/m0/s1. The number of hydrogen-bond acceptors (Lipinski definition) is 4. The Kier molecular flexibility index (Phi) is 6.01. The summed E-state index contributed by atoms with van der Waals surface area (Å²) >= 11 is 0. The zero-order valence-electron chi connectivity index (χ0n) is 15.9. The summed E-state index contributed by atoms with van der Waals surface area (Å²) in [7, 11) is 0. The van der Waals surface area contributed by atoms with Crippen molar-refractivity contribution in [3.05, 3.63) is 59.4 Å². The number of ether oxygens (including phenoxy) is 1. The molecule has 164 valence electrons. The Labute approximate surface area is 168 Å². The fourth-order valence-corrected chi connectivity index (χ4v) is 3.68. The average Bonchev–Trinajstić information content (AvgIpc) is 2.65. The van der Waals surface area contributed by atoms with Gasteiger partial charge in [0.1, 0.15) is 12.4 Å². The molecule has 1 aliphatic heterocycles. The summed E-state index contributed by atoms with van der Waals surface area (Å²) in [6.45, 7) is 1.75. The first-order chi connectivity index (χ1) is 13.9. The van der Waals surface area contributed by atoms with Crippen LogP contribution < -0.4 is 10.1 Å². The Hall–Kier alpha value is -2.33. The van der Waals surface area contributed by atoms with Gasteiger partial charge in [-0.1, -0.05) is 12.1 Å². The van der Waals surface area contributed by atoms with Crippen LogP contribution in [-0.2, 0) is 18.0 Å². The molecule has 30 heavy (non-hydrogen) atoms. The molecule has 0 amide bonds. The SMILES string of the molecule is C[C@H]1C[C@@](O)(c2ccc(C(F)(F)F)cc2)C[C@@H](COc2cncc(C(F)(F)F)c2)N1. The molecule has 2 aromatic rings. The fraction of sp³-hybridized carbons (Fsp3) is 0.450. The Morgan fingerprint density at radius 2 is 1.67 bits per heavy atom. The molecule has 4 nitrogen and oxygen atoms in total. The van der Waals surface area contributed by atoms with Crippen LogP contribution in [0.5, 0.6) is 5.75 Å². The van der Waals surface area contributed by atoms with Gasteiger partial charge in [0.25, 0.3) is 0 Å². The molecular weight excluding hydrogens is 414 g/mol. The van der Waals surface area contributed by atoms with Gasteiger partial charge in [-0.15, -0.1) is 0 Å². The first-order valence-corrected chi connectivity index (χ1v) is 9.18. The molecule has 10 heteroatoms. The van der Waals surface area contributed by atoms with E-state index in [4.69, 9.17) is 4.74 Å². The van der Waals surface area contributed by atoms with E-state index >= 15 is 0 Å². The second-order valence-corrected chi connectivity index (χ2v) is 7.50. The summed E-state index contributed by atoms with van der Waals surface area (Å²) in [6.07, 6.45) is -6.79. The predicted molar refractivity (Wildman–Crippen MR) is 95.7 cm³/mol. The normalized spacial score (nSPS) is 25.2. The van der Waals surface area contributed by atoms with Gasteiger partial charge in [-0.3, -0.25) is 4.98 Å². The highest BCUT2D eigenvalue weighted by atomic mass is 19.4. The third-order valence-corrected chi connectivity index (χ3v) is 4.99. The maximum absolute atomic E-state index is 12.8. The van der Waals surface area contributed by atoms with Crippen LogP contribution in [0.25, 0.3) is 0 Å². The number of piperidine rings is 1. The van der Waals surface area contributed by atoms with Crippen molar-refractivity contribution in [3.8, 4) is 5.75 Å². The smallest absolute Gasteiger partial charge is 0.418 e. The summed E-state index contributed by atoms with van der Waals surface area (Å²) in [5.41, 5.74) is -2.80. The van der Waals surface area contributed by atoms with Gasteiger partial charge >= 0.3 is 12.4 Å². The molecular formula is C20H20F6N2O2. The number of halogens is 6. The van der Waals surface area contributed by atoms with E-state index in [-0.39, 0.29) is 31.2 Å². The second-order valence-electron chi connectivity index (χ2n) is 7.50. The zero-order chi connectivity index (χ0) is 22.2. The summed E-state index contributed by atoms with van der Waals surface area (Å²) in [5, 5.41) is 14.3. The monoisotopic (exact) mass is 434 g/mol. The van der Waals surface area contributed by atoms with Crippen LogP contribution >= 0.6 is 0 Å². The van der Waals surface area contributed by atoms with Crippen LogP contribution in [0.15, 0.2) is 42.7 Å². The van der Waals surface area contributed by atoms with Crippen molar-refractivity contribution in [1.82, 2.24) is 10.3 Å². The highest BCUT2D eigenvalue weighted by Crippen LogP contribution is 2.37. The molecule has 0 saturated carbocycles. The molecule has 0 spiro atoms. The van der Waals surface area contributed by atoms with Crippen LogP contribution in [0.2, 0.25) is 0 Å². The summed E-state index contributed by atoms with van der Waals surface area (Å²) in [4.78, 5) is 3.53. The van der Waals surface area contributed by atoms with Crippen molar-refractivity contribution in [2.75, 3.05) is 6.61 Å². The first-order valence-electron chi connectivity index (χ1n) is 9.18. The Bertz CT molecular complexity index is 869. The maximum Gasteiger partial charge on any atom is 0.418 e. The summed E-state index contributed by atoms with van der Waals surface area (Å²) < 4.78 is 82.2. The highest BCUT2D eigenvalue weighted by molar-refractivity contribution is 5.30. The van der Waals surface area contributed by atoms with Crippen LogP contribution in [0.3, 0.4) is 0 Å². The van der Waals surface area contributed by atoms with Gasteiger partial charge in [0.15, 0.2) is 0 Å². The van der Waals surface area contributed by atoms with Gasteiger partial charge in [-0.2, -0.15) is 26.3 Å². The van der Waals surface area contributed by atoms with E-state index in [1.807, 2.05) is 0 Å². The van der Waals surface area contributed by atoms with Crippen LogP contribution in [0.1, 0.15) is 36.5 Å². The number of pyridine rings is 1. The van der Waals surface area contributed by atoms with Gasteiger partial charge in [0, 0.05) is 18.3 Å². The molecule has 0 bridgehead atoms. The minimum atomic E-state index is -4.55. The molecule has 0 aliphatic carbocycles. The quantitative estimate of drug-likeness (QED) is 0.695. The molecule has 3 atom stereocenters. The van der Waals surface area contributed by atoms with Gasteiger partial charge < -0.3 is 15.2 Å². The van der Waals surface area contributed by atoms with Crippen molar-refractivity contribution >= 4 is 0 Å². The van der Waals surface area contributed by atoms with E-state index in [9.17, 15) is 31.4 Å². The van der Waals surface area contributed by atoms with Crippen molar-refractivity contribution < 1.29 is 36.2 Å². The predicted octanol–water partition coefficient (Wildman–Crippen LogP) is 4.53. The Morgan fingerprint density at radius 1 is 1.03 bits per heavy atom. The molecule has 1 fully saturated rings. The third-order valence-electron chi connectivity index (χ3n) is 4.99. The lowest BCUT2D eigenvalue weighted by atomic mass is 9.79. The van der Waals surface area contributed by atoms with Crippen LogP contribution in [0, 0.1) is 0 Å². The molecule has 0 unspecified atom stereocenters. The van der Waals surface area contributed by atoms with Crippen molar-refractivity contribution in [2.45, 2.75) is 49.8 Å². The summed E-state index contributed by atoms with van der Waals surface area (Å²) in [6, 6.07) is 4.53. The van der Waals surface area contributed by atoms with Crippen LogP contribution in [0.4, 0.5) is 26.3 Å². The fourth-order valence-electron chi connectivity index (χ4n) is 3.68. The lowest BCUT2D eigenvalue weighted by molar-refractivity contribution is -0.138. The maximum atomic E-state index is 12.8. The number of benzene rings is 1. The molecule has 1 aromatic carbocycles. The van der Waals surface area contributed by atoms with E-state index in [1.165, 1.54) is 12.1 Å². The number of rotatable bonds is 4. The van der Waals surface area contributed by atoms with Crippen molar-refractivity contribution in [1.29, 1.82) is 0 Å². The van der Waals surface area contributed by atoms with E-state index in [1.54, 1.807) is 6.92 Å². The van der Waals surface area contributed by atoms with E-state index in [0.717, 1.165) is 24.4 Å². The first kappa shape index (κ1) is 22.4. The average molecular weight is 434 g/mol. The largest absolute Gasteiger partial charge is 0.490 e. The highest BCUT2D eigenvalue weighted by Gasteiger charge is 2.40. The van der Waals surface area contributed by atoms with E-state index in [0.29, 0.717) is 11.8 Å². The second kappa shape index (κ2) is 8.07. The molecule has 1 aliphatic rings.